The Hall–Kier alpha value is -2.17. The first-order valence-corrected chi connectivity index (χ1v) is 12.9. The summed E-state index contributed by atoms with van der Waals surface area (Å²) in [5, 5.41) is 8.51. The summed E-state index contributed by atoms with van der Waals surface area (Å²) in [6.07, 6.45) is 20.6. The first-order chi connectivity index (χ1) is 15.9. The summed E-state index contributed by atoms with van der Waals surface area (Å²) < 4.78 is 11.5. The first kappa shape index (κ1) is 23.0. The van der Waals surface area contributed by atoms with Crippen molar-refractivity contribution in [3.8, 4) is 23.0 Å². The van der Waals surface area contributed by atoms with Gasteiger partial charge in [0.05, 0.1) is 18.9 Å². The number of ether oxygens (including phenoxy) is 2. The van der Waals surface area contributed by atoms with Crippen LogP contribution in [0.2, 0.25) is 0 Å². The SMILES string of the molecule is c1cc(OCCCCCCC2CC2)ncc1-c1ccc(OCCCCCCC2CC2)nn1. The summed E-state index contributed by atoms with van der Waals surface area (Å²) in [7, 11) is 0. The van der Waals surface area contributed by atoms with Crippen molar-refractivity contribution < 1.29 is 9.47 Å². The van der Waals surface area contributed by atoms with E-state index in [1.54, 1.807) is 6.20 Å². The maximum Gasteiger partial charge on any atom is 0.233 e. The van der Waals surface area contributed by atoms with Gasteiger partial charge in [-0.3, -0.25) is 0 Å². The van der Waals surface area contributed by atoms with Crippen molar-refractivity contribution >= 4 is 0 Å². The number of aromatic nitrogens is 3. The van der Waals surface area contributed by atoms with Crippen LogP contribution in [0.4, 0.5) is 0 Å². The number of hydrogen-bond acceptors (Lipinski definition) is 5. The third-order valence-corrected chi connectivity index (χ3v) is 6.58. The van der Waals surface area contributed by atoms with Crippen LogP contribution >= 0.6 is 0 Å². The highest BCUT2D eigenvalue weighted by molar-refractivity contribution is 5.57. The van der Waals surface area contributed by atoms with Crippen LogP contribution in [-0.4, -0.2) is 28.4 Å². The van der Waals surface area contributed by atoms with Gasteiger partial charge >= 0.3 is 0 Å². The minimum Gasteiger partial charge on any atom is -0.478 e. The molecule has 2 aromatic rings. The van der Waals surface area contributed by atoms with Gasteiger partial charge in [-0.1, -0.05) is 77.0 Å². The van der Waals surface area contributed by atoms with Crippen LogP contribution in [0.3, 0.4) is 0 Å². The van der Waals surface area contributed by atoms with Crippen molar-refractivity contribution in [3.63, 3.8) is 0 Å². The molecule has 0 unspecified atom stereocenters. The highest BCUT2D eigenvalue weighted by Gasteiger charge is 2.20. The standard InChI is InChI=1S/C27H39N3O2/c1(5-9-22-11-12-22)3-7-19-31-26-17-15-24(21-28-26)25-16-18-27(30-29-25)32-20-8-4-2-6-10-23-13-14-23/h15-18,21-23H,1-14,19-20H2. The number of rotatable bonds is 17. The molecule has 2 aliphatic rings. The minimum atomic E-state index is 0.594. The van der Waals surface area contributed by atoms with Crippen LogP contribution in [0.25, 0.3) is 11.3 Å². The van der Waals surface area contributed by atoms with Crippen LogP contribution in [0, 0.1) is 11.8 Å². The zero-order valence-electron chi connectivity index (χ0n) is 19.5. The normalized spacial score (nSPS) is 15.6. The first-order valence-electron chi connectivity index (χ1n) is 12.9. The lowest BCUT2D eigenvalue weighted by molar-refractivity contribution is 0.290. The molecule has 0 radical (unpaired) electrons. The van der Waals surface area contributed by atoms with E-state index >= 15 is 0 Å². The maximum absolute atomic E-state index is 5.78. The molecular weight excluding hydrogens is 398 g/mol. The molecule has 0 amide bonds. The molecule has 0 bridgehead atoms. The van der Waals surface area contributed by atoms with E-state index in [4.69, 9.17) is 9.47 Å². The molecular formula is C27H39N3O2. The molecule has 32 heavy (non-hydrogen) atoms. The highest BCUT2D eigenvalue weighted by atomic mass is 16.5. The minimum absolute atomic E-state index is 0.594. The van der Waals surface area contributed by atoms with E-state index in [0.717, 1.165) is 42.5 Å². The van der Waals surface area contributed by atoms with Gasteiger partial charge in [0, 0.05) is 23.9 Å². The van der Waals surface area contributed by atoms with Gasteiger partial charge in [0.15, 0.2) is 0 Å². The monoisotopic (exact) mass is 437 g/mol. The highest BCUT2D eigenvalue weighted by Crippen LogP contribution is 2.34. The Bertz CT molecular complexity index is 703. The van der Waals surface area contributed by atoms with Gasteiger partial charge in [0.1, 0.15) is 0 Å². The lowest BCUT2D eigenvalue weighted by Gasteiger charge is -2.07. The van der Waals surface area contributed by atoms with Crippen LogP contribution in [-0.2, 0) is 0 Å². The average Bonchev–Trinajstić information content (AvgIpc) is 3.74. The predicted octanol–water partition coefficient (Wildman–Crippen LogP) is 7.02. The smallest absolute Gasteiger partial charge is 0.233 e. The number of pyridine rings is 1. The average molecular weight is 438 g/mol. The second kappa shape index (κ2) is 12.8. The van der Waals surface area contributed by atoms with E-state index in [1.165, 1.54) is 77.0 Å². The van der Waals surface area contributed by atoms with Crippen molar-refractivity contribution in [2.45, 2.75) is 89.9 Å². The van der Waals surface area contributed by atoms with Gasteiger partial charge in [-0.25, -0.2) is 4.98 Å². The van der Waals surface area contributed by atoms with Gasteiger partial charge in [-0.05, 0) is 36.8 Å². The zero-order chi connectivity index (χ0) is 21.8. The molecule has 5 nitrogen and oxygen atoms in total. The lowest BCUT2D eigenvalue weighted by atomic mass is 10.1. The Labute approximate surface area is 193 Å². The molecule has 2 fully saturated rings. The molecule has 2 aromatic heterocycles. The summed E-state index contributed by atoms with van der Waals surface area (Å²) in [4.78, 5) is 4.42. The Morgan fingerprint density at radius 3 is 1.75 bits per heavy atom. The lowest BCUT2D eigenvalue weighted by Crippen LogP contribution is -2.01. The maximum atomic E-state index is 5.78. The van der Waals surface area contributed by atoms with Crippen molar-refractivity contribution in [3.05, 3.63) is 30.5 Å². The molecule has 0 aromatic carbocycles. The van der Waals surface area contributed by atoms with Crippen LogP contribution in [0.5, 0.6) is 11.8 Å². The van der Waals surface area contributed by atoms with E-state index in [1.807, 2.05) is 24.3 Å². The molecule has 0 atom stereocenters. The van der Waals surface area contributed by atoms with Gasteiger partial charge in [-0.15, -0.1) is 10.2 Å². The largest absolute Gasteiger partial charge is 0.478 e. The van der Waals surface area contributed by atoms with E-state index in [0.29, 0.717) is 18.4 Å². The van der Waals surface area contributed by atoms with Crippen LogP contribution in [0.15, 0.2) is 30.5 Å². The van der Waals surface area contributed by atoms with Crippen molar-refractivity contribution in [2.75, 3.05) is 13.2 Å². The number of nitrogens with zero attached hydrogens (tertiary/aromatic N) is 3. The second-order valence-corrected chi connectivity index (χ2v) is 9.63. The number of unbranched alkanes of at least 4 members (excludes halogenated alkanes) is 6. The summed E-state index contributed by atoms with van der Waals surface area (Å²) >= 11 is 0. The molecule has 0 saturated heterocycles. The fraction of sp³-hybridized carbons (Fsp3) is 0.667. The predicted molar refractivity (Wildman–Crippen MR) is 128 cm³/mol. The van der Waals surface area contributed by atoms with Crippen molar-refractivity contribution in [2.24, 2.45) is 11.8 Å². The van der Waals surface area contributed by atoms with Crippen LogP contribution < -0.4 is 9.47 Å². The molecule has 174 valence electrons. The van der Waals surface area contributed by atoms with E-state index < -0.39 is 0 Å². The van der Waals surface area contributed by atoms with E-state index in [-0.39, 0.29) is 0 Å². The molecule has 2 saturated carbocycles. The molecule has 4 rings (SSSR count). The molecule has 2 aliphatic carbocycles. The topological polar surface area (TPSA) is 57.1 Å². The Kier molecular flexibility index (Phi) is 9.17. The summed E-state index contributed by atoms with van der Waals surface area (Å²) in [5.41, 5.74) is 1.74. The third kappa shape index (κ3) is 8.76. The fourth-order valence-electron chi connectivity index (χ4n) is 4.11. The van der Waals surface area contributed by atoms with E-state index in [9.17, 15) is 0 Å². The van der Waals surface area contributed by atoms with Gasteiger partial charge < -0.3 is 9.47 Å². The van der Waals surface area contributed by atoms with Gasteiger partial charge in [0.25, 0.3) is 0 Å². The Morgan fingerprint density at radius 1 is 0.625 bits per heavy atom. The quantitative estimate of drug-likeness (QED) is 0.249. The van der Waals surface area contributed by atoms with Crippen molar-refractivity contribution in [1.29, 1.82) is 0 Å². The third-order valence-electron chi connectivity index (χ3n) is 6.58. The Balaban J connectivity index is 1.07. The molecule has 5 heteroatoms. The number of hydrogen-bond donors (Lipinski definition) is 0. The molecule has 2 heterocycles. The molecule has 0 spiro atoms. The van der Waals surface area contributed by atoms with Crippen molar-refractivity contribution in [1.82, 2.24) is 15.2 Å². The summed E-state index contributed by atoms with van der Waals surface area (Å²) in [5.74, 6) is 3.38. The van der Waals surface area contributed by atoms with Crippen LogP contribution in [0.1, 0.15) is 89.9 Å². The fourth-order valence-corrected chi connectivity index (χ4v) is 4.11. The van der Waals surface area contributed by atoms with E-state index in [2.05, 4.69) is 15.2 Å². The van der Waals surface area contributed by atoms with Gasteiger partial charge in [0.2, 0.25) is 11.8 Å². The second-order valence-electron chi connectivity index (χ2n) is 9.63. The zero-order valence-corrected chi connectivity index (χ0v) is 19.5. The Morgan fingerprint density at radius 2 is 1.22 bits per heavy atom. The molecule has 0 N–H and O–H groups in total. The van der Waals surface area contributed by atoms with Gasteiger partial charge in [-0.2, -0.15) is 0 Å². The molecule has 0 aliphatic heterocycles. The summed E-state index contributed by atoms with van der Waals surface area (Å²) in [6, 6.07) is 7.74. The summed E-state index contributed by atoms with van der Waals surface area (Å²) in [6.45, 7) is 1.45.